The lowest BCUT2D eigenvalue weighted by atomic mass is 10.1. The highest BCUT2D eigenvalue weighted by molar-refractivity contribution is 8.13. The molecule has 0 fully saturated rings. The maximum absolute atomic E-state index is 11.0. The number of rotatable bonds is 4. The van der Waals surface area contributed by atoms with Crippen LogP contribution in [0.4, 0.5) is 0 Å². The zero-order valence-electron chi connectivity index (χ0n) is 9.14. The minimum Gasteiger partial charge on any atom is -0.478 e. The first kappa shape index (κ1) is 13.8. The largest absolute Gasteiger partial charge is 0.478 e. The number of carboxylic acids is 1. The van der Waals surface area contributed by atoms with Crippen LogP contribution in [0.25, 0.3) is 6.08 Å². The molecule has 1 aromatic rings. The predicted molar refractivity (Wildman–Crippen MR) is 70.6 cm³/mol. The molecule has 0 atom stereocenters. The minimum atomic E-state index is -1.02. The number of carbonyl (C=O) groups excluding carboxylic acids is 1. The molecule has 90 valence electrons. The van der Waals surface area contributed by atoms with Crippen molar-refractivity contribution in [1.82, 2.24) is 0 Å². The van der Waals surface area contributed by atoms with Gasteiger partial charge in [0.2, 0.25) is 0 Å². The molecule has 0 saturated heterocycles. The van der Waals surface area contributed by atoms with Crippen molar-refractivity contribution in [1.29, 1.82) is 0 Å². The van der Waals surface area contributed by atoms with Crippen molar-refractivity contribution in [3.05, 3.63) is 40.4 Å². The molecule has 0 aliphatic heterocycles. The van der Waals surface area contributed by atoms with Gasteiger partial charge in [0.15, 0.2) is 5.12 Å². The molecule has 1 N–H and O–H groups in total. The van der Waals surface area contributed by atoms with Gasteiger partial charge in [-0.1, -0.05) is 41.6 Å². The number of thioether (sulfide) groups is 1. The van der Waals surface area contributed by atoms with Crippen molar-refractivity contribution in [2.24, 2.45) is 0 Å². The maximum Gasteiger partial charge on any atom is 0.336 e. The lowest BCUT2D eigenvalue weighted by Gasteiger charge is -2.01. The summed E-state index contributed by atoms with van der Waals surface area (Å²) in [5.74, 6) is -0.497. The molecule has 1 rings (SSSR count). The van der Waals surface area contributed by atoms with Gasteiger partial charge in [0.25, 0.3) is 0 Å². The Hall–Kier alpha value is -1.26. The summed E-state index contributed by atoms with van der Waals surface area (Å²) >= 11 is 6.90. The third kappa shape index (κ3) is 4.63. The molecule has 5 heteroatoms. The molecule has 0 heterocycles. The van der Waals surface area contributed by atoms with Crippen molar-refractivity contribution >= 4 is 40.5 Å². The van der Waals surface area contributed by atoms with Crippen LogP contribution in [0.15, 0.2) is 24.3 Å². The van der Waals surface area contributed by atoms with E-state index in [1.54, 1.807) is 24.3 Å². The van der Waals surface area contributed by atoms with Gasteiger partial charge in [0, 0.05) is 17.7 Å². The van der Waals surface area contributed by atoms with Crippen LogP contribution in [0.5, 0.6) is 0 Å². The van der Waals surface area contributed by atoms with Crippen molar-refractivity contribution in [3.8, 4) is 0 Å². The van der Waals surface area contributed by atoms with Crippen molar-refractivity contribution in [2.45, 2.75) is 6.92 Å². The summed E-state index contributed by atoms with van der Waals surface area (Å²) < 4.78 is 0. The normalized spacial score (nSPS) is 10.7. The lowest BCUT2D eigenvalue weighted by Crippen LogP contribution is -1.99. The van der Waals surface area contributed by atoms with Gasteiger partial charge in [-0.3, -0.25) is 4.79 Å². The number of hydrogen-bond acceptors (Lipinski definition) is 3. The Morgan fingerprint density at radius 3 is 2.76 bits per heavy atom. The van der Waals surface area contributed by atoms with Gasteiger partial charge in [-0.15, -0.1) is 0 Å². The first-order chi connectivity index (χ1) is 8.00. The minimum absolute atomic E-state index is 0.0317. The highest BCUT2D eigenvalue weighted by Gasteiger charge is 2.08. The number of halogens is 1. The fraction of sp³-hybridized carbons (Fsp3) is 0.167. The number of aromatic carboxylic acids is 1. The van der Waals surface area contributed by atoms with E-state index >= 15 is 0 Å². The zero-order valence-corrected chi connectivity index (χ0v) is 10.7. The van der Waals surface area contributed by atoms with Crippen LogP contribution >= 0.6 is 23.4 Å². The van der Waals surface area contributed by atoms with E-state index in [0.717, 1.165) is 0 Å². The smallest absolute Gasteiger partial charge is 0.336 e. The summed E-state index contributed by atoms with van der Waals surface area (Å²) in [6, 6.07) is 4.67. The molecule has 0 bridgehead atoms. The molecule has 3 nitrogen and oxygen atoms in total. The van der Waals surface area contributed by atoms with E-state index < -0.39 is 5.97 Å². The Bertz CT molecular complexity index is 469. The average molecular weight is 271 g/mol. The number of benzene rings is 1. The molecule has 0 aliphatic carbocycles. The summed E-state index contributed by atoms with van der Waals surface area (Å²) in [7, 11) is 0. The van der Waals surface area contributed by atoms with Gasteiger partial charge in [0.1, 0.15) is 0 Å². The molecule has 0 spiro atoms. The Morgan fingerprint density at radius 2 is 2.18 bits per heavy atom. The standard InChI is InChI=1S/C12H11ClO3S/c1-8(14)17-6-2-3-9-4-5-10(13)7-11(9)12(15)16/h2-5,7H,6H2,1H3,(H,15,16). The topological polar surface area (TPSA) is 54.4 Å². The first-order valence-corrected chi connectivity index (χ1v) is 6.20. The molecule has 1 aromatic carbocycles. The average Bonchev–Trinajstić information content (AvgIpc) is 2.25. The number of carbonyl (C=O) groups is 2. The number of carboxylic acid groups (broad SMARTS) is 1. The Labute approximate surface area is 108 Å². The van der Waals surface area contributed by atoms with E-state index in [-0.39, 0.29) is 10.7 Å². The van der Waals surface area contributed by atoms with Crippen LogP contribution in [0.3, 0.4) is 0 Å². The molecular formula is C12H11ClO3S. The Balaban J connectivity index is 2.83. The van der Waals surface area contributed by atoms with Crippen LogP contribution in [0, 0.1) is 0 Å². The van der Waals surface area contributed by atoms with Crippen molar-refractivity contribution < 1.29 is 14.7 Å². The van der Waals surface area contributed by atoms with Crippen molar-refractivity contribution in [2.75, 3.05) is 5.75 Å². The molecule has 0 aromatic heterocycles. The first-order valence-electron chi connectivity index (χ1n) is 4.83. The molecule has 0 radical (unpaired) electrons. The Morgan fingerprint density at radius 1 is 1.47 bits per heavy atom. The van der Waals surface area contributed by atoms with E-state index in [9.17, 15) is 9.59 Å². The summed E-state index contributed by atoms with van der Waals surface area (Å²) in [6.07, 6.45) is 3.43. The van der Waals surface area contributed by atoms with E-state index in [4.69, 9.17) is 16.7 Å². The van der Waals surface area contributed by atoms with Crippen LogP contribution in [-0.2, 0) is 4.79 Å². The molecule has 0 aliphatic rings. The van der Waals surface area contributed by atoms with Gasteiger partial charge in [-0.25, -0.2) is 4.79 Å². The highest BCUT2D eigenvalue weighted by Crippen LogP contribution is 2.18. The van der Waals surface area contributed by atoms with E-state index in [1.807, 2.05) is 0 Å². The predicted octanol–water partition coefficient (Wildman–Crippen LogP) is 3.33. The molecule has 0 saturated carbocycles. The summed E-state index contributed by atoms with van der Waals surface area (Å²) in [5.41, 5.74) is 0.729. The SMILES string of the molecule is CC(=O)SCC=Cc1ccc(Cl)cc1C(=O)O. The summed E-state index contributed by atoms with van der Waals surface area (Å²) in [6.45, 7) is 1.49. The van der Waals surface area contributed by atoms with Crippen molar-refractivity contribution in [3.63, 3.8) is 0 Å². The van der Waals surface area contributed by atoms with Crippen LogP contribution in [0.2, 0.25) is 5.02 Å². The molecular weight excluding hydrogens is 260 g/mol. The fourth-order valence-electron chi connectivity index (χ4n) is 1.20. The third-order valence-electron chi connectivity index (χ3n) is 1.93. The Kier molecular flexibility index (Phi) is 5.25. The second kappa shape index (κ2) is 6.47. The second-order valence-corrected chi connectivity index (χ2v) is 4.88. The monoisotopic (exact) mass is 270 g/mol. The van der Waals surface area contributed by atoms with Crippen LogP contribution in [-0.4, -0.2) is 21.9 Å². The van der Waals surface area contributed by atoms with E-state index in [1.165, 1.54) is 24.8 Å². The quantitative estimate of drug-likeness (QED) is 0.912. The number of hydrogen-bond donors (Lipinski definition) is 1. The molecule has 0 unspecified atom stereocenters. The summed E-state index contributed by atoms with van der Waals surface area (Å²) in [5, 5.41) is 9.40. The van der Waals surface area contributed by atoms with Gasteiger partial charge in [-0.05, 0) is 17.7 Å². The molecule has 17 heavy (non-hydrogen) atoms. The van der Waals surface area contributed by atoms with E-state index in [0.29, 0.717) is 16.3 Å². The third-order valence-corrected chi connectivity index (χ3v) is 2.93. The van der Waals surface area contributed by atoms with Gasteiger partial charge < -0.3 is 5.11 Å². The zero-order chi connectivity index (χ0) is 12.8. The molecule has 0 amide bonds. The second-order valence-electron chi connectivity index (χ2n) is 3.24. The van der Waals surface area contributed by atoms with Gasteiger partial charge in [0.05, 0.1) is 5.56 Å². The summed E-state index contributed by atoms with van der Waals surface area (Å²) in [4.78, 5) is 21.7. The fourth-order valence-corrected chi connectivity index (χ4v) is 1.80. The highest BCUT2D eigenvalue weighted by atomic mass is 35.5. The van der Waals surface area contributed by atoms with Gasteiger partial charge >= 0.3 is 5.97 Å². The lowest BCUT2D eigenvalue weighted by molar-refractivity contribution is -0.109. The van der Waals surface area contributed by atoms with Crippen LogP contribution in [0.1, 0.15) is 22.8 Å². The maximum atomic E-state index is 11.0. The van der Waals surface area contributed by atoms with Crippen LogP contribution < -0.4 is 0 Å². The van der Waals surface area contributed by atoms with E-state index in [2.05, 4.69) is 0 Å². The van der Waals surface area contributed by atoms with Gasteiger partial charge in [-0.2, -0.15) is 0 Å².